The average molecular weight is 444 g/mol. The van der Waals surface area contributed by atoms with Crippen LogP contribution in [0.5, 0.6) is 0 Å². The summed E-state index contributed by atoms with van der Waals surface area (Å²) in [5, 5.41) is 3.81. The van der Waals surface area contributed by atoms with E-state index in [4.69, 9.17) is 11.6 Å². The molecule has 1 saturated heterocycles. The summed E-state index contributed by atoms with van der Waals surface area (Å²) in [6.07, 6.45) is 1.69. The van der Waals surface area contributed by atoms with Crippen molar-refractivity contribution in [1.29, 1.82) is 0 Å². The molecule has 2 aromatic carbocycles. The number of nitrogens with zero attached hydrogens (tertiary/aromatic N) is 2. The Morgan fingerprint density at radius 3 is 2.53 bits per heavy atom. The fourth-order valence-corrected chi connectivity index (χ4v) is 5.23. The van der Waals surface area contributed by atoms with Gasteiger partial charge in [0.2, 0.25) is 5.91 Å². The summed E-state index contributed by atoms with van der Waals surface area (Å²) in [5.41, 5.74) is 2.92. The lowest BCUT2D eigenvalue weighted by Crippen LogP contribution is -2.37. The number of benzene rings is 2. The van der Waals surface area contributed by atoms with E-state index in [1.54, 1.807) is 4.57 Å². The molecule has 30 heavy (non-hydrogen) atoms. The second-order valence-electron chi connectivity index (χ2n) is 8.18. The number of likely N-dealkylation sites (tertiary alicyclic amines) is 1. The van der Waals surface area contributed by atoms with Gasteiger partial charge in [-0.1, -0.05) is 35.1 Å². The van der Waals surface area contributed by atoms with Gasteiger partial charge in [0.15, 0.2) is 0 Å². The third-order valence-corrected chi connectivity index (χ3v) is 6.85. The fraction of sp³-hybridized carbons (Fsp3) is 0.391. The van der Waals surface area contributed by atoms with E-state index in [-0.39, 0.29) is 22.7 Å². The maximum atomic E-state index is 12.8. The monoisotopic (exact) mass is 443 g/mol. The van der Waals surface area contributed by atoms with Crippen molar-refractivity contribution < 1.29 is 4.79 Å². The Kier molecular flexibility index (Phi) is 6.27. The van der Waals surface area contributed by atoms with Crippen LogP contribution in [-0.4, -0.2) is 28.5 Å². The molecule has 4 rings (SSSR count). The van der Waals surface area contributed by atoms with Gasteiger partial charge >= 0.3 is 4.87 Å². The normalized spacial score (nSPS) is 15.7. The van der Waals surface area contributed by atoms with Crippen molar-refractivity contribution in [3.05, 3.63) is 62.7 Å². The smallest absolute Gasteiger partial charge is 0.308 e. The minimum Gasteiger partial charge on any atom is -0.326 e. The zero-order chi connectivity index (χ0) is 21.3. The third kappa shape index (κ3) is 4.61. The van der Waals surface area contributed by atoms with Crippen molar-refractivity contribution in [3.8, 4) is 0 Å². The van der Waals surface area contributed by atoms with Crippen LogP contribution >= 0.6 is 22.9 Å². The highest BCUT2D eigenvalue weighted by molar-refractivity contribution is 7.16. The number of piperidine rings is 1. The summed E-state index contributed by atoms with van der Waals surface area (Å²) in [6, 6.07) is 13.8. The van der Waals surface area contributed by atoms with Crippen LogP contribution in [0.1, 0.15) is 38.3 Å². The maximum Gasteiger partial charge on any atom is 0.308 e. The van der Waals surface area contributed by atoms with Crippen LogP contribution in [0, 0.1) is 5.92 Å². The van der Waals surface area contributed by atoms with E-state index >= 15 is 0 Å². The van der Waals surface area contributed by atoms with Crippen molar-refractivity contribution in [1.82, 2.24) is 9.47 Å². The quantitative estimate of drug-likeness (QED) is 0.593. The van der Waals surface area contributed by atoms with E-state index in [0.717, 1.165) is 53.4 Å². The van der Waals surface area contributed by atoms with Crippen molar-refractivity contribution in [2.75, 3.05) is 18.4 Å². The van der Waals surface area contributed by atoms with Crippen LogP contribution < -0.4 is 10.2 Å². The zero-order valence-electron chi connectivity index (χ0n) is 17.2. The Morgan fingerprint density at radius 2 is 1.87 bits per heavy atom. The summed E-state index contributed by atoms with van der Waals surface area (Å²) < 4.78 is 2.70. The molecule has 2 heterocycles. The highest BCUT2D eigenvalue weighted by Gasteiger charge is 2.25. The maximum absolute atomic E-state index is 12.8. The average Bonchev–Trinajstić information content (AvgIpc) is 3.05. The lowest BCUT2D eigenvalue weighted by Gasteiger charge is -2.31. The van der Waals surface area contributed by atoms with Gasteiger partial charge in [0.1, 0.15) is 0 Å². The number of anilines is 1. The number of hydrogen-bond donors (Lipinski definition) is 1. The molecule has 0 atom stereocenters. The topological polar surface area (TPSA) is 54.3 Å². The highest BCUT2D eigenvalue weighted by Crippen LogP contribution is 2.26. The van der Waals surface area contributed by atoms with Crippen molar-refractivity contribution in [3.63, 3.8) is 0 Å². The molecule has 0 aliphatic carbocycles. The SMILES string of the molecule is CC(C)n1c(=O)sc2cc(NC(=O)C3CCN(Cc4ccc(Cl)cc4)CC3)ccc21. The molecule has 1 aliphatic rings. The number of fused-ring (bicyclic) bond motifs is 1. The first kappa shape index (κ1) is 21.1. The number of rotatable bonds is 5. The first-order chi connectivity index (χ1) is 14.4. The van der Waals surface area contributed by atoms with Gasteiger partial charge in [-0.15, -0.1) is 0 Å². The van der Waals surface area contributed by atoms with E-state index in [2.05, 4.69) is 22.3 Å². The Hall–Kier alpha value is -2.15. The second-order valence-corrected chi connectivity index (χ2v) is 9.61. The first-order valence-electron chi connectivity index (χ1n) is 10.3. The molecule has 0 bridgehead atoms. The molecule has 1 aromatic heterocycles. The van der Waals surface area contributed by atoms with Crippen LogP contribution in [-0.2, 0) is 11.3 Å². The van der Waals surface area contributed by atoms with Gasteiger partial charge < -0.3 is 5.32 Å². The number of aromatic nitrogens is 1. The lowest BCUT2D eigenvalue weighted by molar-refractivity contribution is -0.121. The Labute approximate surface area is 185 Å². The van der Waals surface area contributed by atoms with Crippen molar-refractivity contribution in [2.45, 2.75) is 39.3 Å². The first-order valence-corrected chi connectivity index (χ1v) is 11.5. The zero-order valence-corrected chi connectivity index (χ0v) is 18.8. The minimum absolute atomic E-state index is 0.0150. The molecule has 1 N–H and O–H groups in total. The van der Waals surface area contributed by atoms with Crippen molar-refractivity contribution >= 4 is 44.7 Å². The summed E-state index contributed by atoms with van der Waals surface area (Å²) in [6.45, 7) is 6.69. The Balaban J connectivity index is 1.35. The number of carbonyl (C=O) groups excluding carboxylic acids is 1. The van der Waals surface area contributed by atoms with E-state index in [9.17, 15) is 9.59 Å². The Morgan fingerprint density at radius 1 is 1.17 bits per heavy atom. The predicted molar refractivity (Wildman–Crippen MR) is 125 cm³/mol. The molecule has 1 fully saturated rings. The number of amides is 1. The molecule has 1 aliphatic heterocycles. The molecule has 158 valence electrons. The van der Waals surface area contributed by atoms with Gasteiger partial charge in [0.25, 0.3) is 0 Å². The molecule has 0 unspecified atom stereocenters. The van der Waals surface area contributed by atoms with Crippen LogP contribution in [0.3, 0.4) is 0 Å². The predicted octanol–water partition coefficient (Wildman–Crippen LogP) is 5.15. The molecule has 0 spiro atoms. The van der Waals surface area contributed by atoms with Gasteiger partial charge in [0.05, 0.1) is 10.2 Å². The molecular formula is C23H26ClN3O2S. The summed E-state index contributed by atoms with van der Waals surface area (Å²) in [7, 11) is 0. The lowest BCUT2D eigenvalue weighted by atomic mass is 9.95. The van der Waals surface area contributed by atoms with Crippen LogP contribution in [0.2, 0.25) is 5.02 Å². The number of thiazole rings is 1. The van der Waals surface area contributed by atoms with Gasteiger partial charge in [-0.25, -0.2) is 0 Å². The minimum atomic E-state index is 0.0150. The molecule has 0 saturated carbocycles. The summed E-state index contributed by atoms with van der Waals surface area (Å²) >= 11 is 7.18. The number of nitrogens with one attached hydrogen (secondary N) is 1. The number of halogens is 1. The molecule has 5 nitrogen and oxygen atoms in total. The number of carbonyl (C=O) groups is 1. The van der Waals surface area contributed by atoms with Gasteiger partial charge in [-0.05, 0) is 75.7 Å². The highest BCUT2D eigenvalue weighted by atomic mass is 35.5. The molecule has 3 aromatic rings. The van der Waals surface area contributed by atoms with Crippen LogP contribution in [0.15, 0.2) is 47.3 Å². The van der Waals surface area contributed by atoms with Gasteiger partial charge in [-0.3, -0.25) is 19.1 Å². The number of hydrogen-bond acceptors (Lipinski definition) is 4. The standard InChI is InChI=1S/C23H26ClN3O2S/c1-15(2)27-20-8-7-19(13-21(20)30-23(27)29)25-22(28)17-9-11-26(12-10-17)14-16-3-5-18(24)6-4-16/h3-8,13,15,17H,9-12,14H2,1-2H3,(H,25,28). The van der Waals surface area contributed by atoms with E-state index in [0.29, 0.717) is 0 Å². The molecule has 7 heteroatoms. The van der Waals surface area contributed by atoms with E-state index in [1.807, 2.05) is 44.2 Å². The van der Waals surface area contributed by atoms with Gasteiger partial charge in [-0.2, -0.15) is 0 Å². The molecular weight excluding hydrogens is 418 g/mol. The van der Waals surface area contributed by atoms with E-state index < -0.39 is 0 Å². The fourth-order valence-electron chi connectivity index (χ4n) is 4.05. The Bertz CT molecular complexity index is 1100. The summed E-state index contributed by atoms with van der Waals surface area (Å²) in [5.74, 6) is 0.0808. The van der Waals surface area contributed by atoms with Crippen LogP contribution in [0.25, 0.3) is 10.2 Å². The molecule has 0 radical (unpaired) electrons. The van der Waals surface area contributed by atoms with Crippen LogP contribution in [0.4, 0.5) is 5.69 Å². The van der Waals surface area contributed by atoms with Gasteiger partial charge in [0, 0.05) is 29.2 Å². The van der Waals surface area contributed by atoms with E-state index in [1.165, 1.54) is 16.9 Å². The molecule has 1 amide bonds. The third-order valence-electron chi connectivity index (χ3n) is 5.68. The largest absolute Gasteiger partial charge is 0.326 e. The van der Waals surface area contributed by atoms with Crippen molar-refractivity contribution in [2.24, 2.45) is 5.92 Å². The summed E-state index contributed by atoms with van der Waals surface area (Å²) in [4.78, 5) is 27.4. The second kappa shape index (κ2) is 8.92.